The van der Waals surface area contributed by atoms with E-state index >= 15 is 0 Å². The van der Waals surface area contributed by atoms with Gasteiger partial charge in [0.25, 0.3) is 5.91 Å². The number of anilines is 1. The van der Waals surface area contributed by atoms with E-state index in [9.17, 15) is 13.2 Å². The normalized spacial score (nSPS) is 11.3. The number of sulfonamides is 1. The largest absolute Gasteiger partial charge is 0.383 e. The molecule has 0 bridgehead atoms. The molecule has 0 atom stereocenters. The van der Waals surface area contributed by atoms with E-state index in [1.807, 2.05) is 0 Å². The molecule has 0 spiro atoms. The molecule has 0 saturated heterocycles. The quantitative estimate of drug-likeness (QED) is 0.704. The number of hydrogen-bond acceptors (Lipinski definition) is 6. The highest BCUT2D eigenvalue weighted by atomic mass is 32.2. The number of carbonyl (C=O) groups is 1. The summed E-state index contributed by atoms with van der Waals surface area (Å²) in [5, 5.41) is 0. The summed E-state index contributed by atoms with van der Waals surface area (Å²) >= 11 is 0. The lowest BCUT2D eigenvalue weighted by Gasteiger charge is -2.17. The summed E-state index contributed by atoms with van der Waals surface area (Å²) in [6.45, 7) is 0.813. The van der Waals surface area contributed by atoms with Gasteiger partial charge in [-0.3, -0.25) is 4.79 Å². The molecule has 1 amide bonds. The van der Waals surface area contributed by atoms with E-state index in [4.69, 9.17) is 10.5 Å². The zero-order chi connectivity index (χ0) is 19.2. The molecule has 0 radical (unpaired) electrons. The van der Waals surface area contributed by atoms with E-state index < -0.39 is 10.0 Å². The van der Waals surface area contributed by atoms with Crippen LogP contribution < -0.4 is 10.5 Å². The van der Waals surface area contributed by atoms with E-state index in [-0.39, 0.29) is 28.7 Å². The van der Waals surface area contributed by atoms with Crippen LogP contribution in [-0.2, 0) is 21.3 Å². The molecule has 2 aromatic rings. The second-order valence-electron chi connectivity index (χ2n) is 5.62. The fraction of sp³-hybridized carbons (Fsp3) is 0.294. The lowest BCUT2D eigenvalue weighted by atomic mass is 10.2. The minimum Gasteiger partial charge on any atom is -0.383 e. The van der Waals surface area contributed by atoms with Crippen molar-refractivity contribution in [2.45, 2.75) is 11.4 Å². The highest BCUT2D eigenvalue weighted by Gasteiger charge is 2.18. The molecule has 1 aromatic carbocycles. The zero-order valence-corrected chi connectivity index (χ0v) is 15.5. The first-order valence-electron chi connectivity index (χ1n) is 7.88. The predicted molar refractivity (Wildman–Crippen MR) is 98.0 cm³/mol. The van der Waals surface area contributed by atoms with Crippen molar-refractivity contribution in [3.05, 3.63) is 53.7 Å². The van der Waals surface area contributed by atoms with Gasteiger partial charge in [0, 0.05) is 44.6 Å². The van der Waals surface area contributed by atoms with Gasteiger partial charge in [0.05, 0.1) is 11.5 Å². The molecule has 0 unspecified atom stereocenters. The van der Waals surface area contributed by atoms with Gasteiger partial charge in [0.2, 0.25) is 10.0 Å². The van der Waals surface area contributed by atoms with E-state index in [1.165, 1.54) is 29.3 Å². The van der Waals surface area contributed by atoms with Crippen LogP contribution in [0.1, 0.15) is 15.9 Å². The third kappa shape index (κ3) is 5.01. The van der Waals surface area contributed by atoms with Crippen LogP contribution in [0.25, 0.3) is 0 Å². The van der Waals surface area contributed by atoms with Gasteiger partial charge in [0.15, 0.2) is 0 Å². The summed E-state index contributed by atoms with van der Waals surface area (Å²) in [6.07, 6.45) is 1.53. The minimum absolute atomic E-state index is 0.00551. The third-order valence-electron chi connectivity index (χ3n) is 3.75. The molecule has 0 saturated carbocycles. The number of hydrogen-bond donors (Lipinski definition) is 2. The van der Waals surface area contributed by atoms with E-state index in [0.717, 1.165) is 0 Å². The van der Waals surface area contributed by atoms with Crippen LogP contribution in [-0.4, -0.2) is 51.5 Å². The van der Waals surface area contributed by atoms with Gasteiger partial charge in [-0.1, -0.05) is 12.1 Å². The molecule has 9 heteroatoms. The van der Waals surface area contributed by atoms with Crippen molar-refractivity contribution in [3.8, 4) is 0 Å². The number of pyridine rings is 1. The average Bonchev–Trinajstić information content (AvgIpc) is 2.65. The van der Waals surface area contributed by atoms with Gasteiger partial charge in [-0.25, -0.2) is 18.1 Å². The minimum atomic E-state index is -3.80. The molecule has 140 valence electrons. The van der Waals surface area contributed by atoms with Crippen molar-refractivity contribution in [2.75, 3.05) is 33.0 Å². The van der Waals surface area contributed by atoms with Crippen molar-refractivity contribution >= 4 is 21.7 Å². The Morgan fingerprint density at radius 3 is 2.77 bits per heavy atom. The van der Waals surface area contributed by atoms with Crippen molar-refractivity contribution in [2.24, 2.45) is 0 Å². The first kappa shape index (κ1) is 19.8. The fourth-order valence-corrected chi connectivity index (χ4v) is 3.25. The average molecular weight is 378 g/mol. The number of ether oxygens (including phenoxy) is 1. The molecule has 0 aliphatic carbocycles. The topological polar surface area (TPSA) is 115 Å². The van der Waals surface area contributed by atoms with Crippen LogP contribution in [0.15, 0.2) is 47.5 Å². The number of carbonyl (C=O) groups excluding carboxylic acids is 1. The number of amides is 1. The summed E-state index contributed by atoms with van der Waals surface area (Å²) in [4.78, 5) is 17.8. The second kappa shape index (κ2) is 8.75. The highest BCUT2D eigenvalue weighted by molar-refractivity contribution is 7.89. The Morgan fingerprint density at radius 2 is 2.08 bits per heavy atom. The fourth-order valence-electron chi connectivity index (χ4n) is 2.20. The van der Waals surface area contributed by atoms with Crippen LogP contribution >= 0.6 is 0 Å². The van der Waals surface area contributed by atoms with Crippen molar-refractivity contribution < 1.29 is 17.9 Å². The van der Waals surface area contributed by atoms with Crippen molar-refractivity contribution in [3.63, 3.8) is 0 Å². The van der Waals surface area contributed by atoms with Crippen LogP contribution in [0, 0.1) is 0 Å². The number of nitrogen functional groups attached to an aromatic ring is 1. The maximum Gasteiger partial charge on any atom is 0.253 e. The number of nitrogens with zero attached hydrogens (tertiary/aromatic N) is 2. The monoisotopic (exact) mass is 378 g/mol. The summed E-state index contributed by atoms with van der Waals surface area (Å²) < 4.78 is 32.4. The van der Waals surface area contributed by atoms with Gasteiger partial charge in [0.1, 0.15) is 5.82 Å². The van der Waals surface area contributed by atoms with Crippen LogP contribution in [0.2, 0.25) is 0 Å². The Hall–Kier alpha value is -2.49. The molecule has 1 heterocycles. The Balaban J connectivity index is 2.15. The van der Waals surface area contributed by atoms with E-state index in [1.54, 1.807) is 32.4 Å². The number of likely N-dealkylation sites (N-methyl/N-ethyl adjacent to an activating group) is 1. The van der Waals surface area contributed by atoms with Crippen LogP contribution in [0.5, 0.6) is 0 Å². The zero-order valence-electron chi connectivity index (χ0n) is 14.7. The lowest BCUT2D eigenvalue weighted by molar-refractivity contribution is 0.0744. The van der Waals surface area contributed by atoms with Crippen LogP contribution in [0.4, 0.5) is 5.82 Å². The number of nitrogens with one attached hydrogen (secondary N) is 1. The summed E-state index contributed by atoms with van der Waals surface area (Å²) in [7, 11) is -0.624. The number of rotatable bonds is 8. The van der Waals surface area contributed by atoms with Crippen molar-refractivity contribution in [1.82, 2.24) is 14.6 Å². The maximum absolute atomic E-state index is 12.5. The molecule has 0 aliphatic rings. The lowest BCUT2D eigenvalue weighted by Crippen LogP contribution is -2.30. The number of nitrogens with two attached hydrogens (primary N) is 1. The first-order chi connectivity index (χ1) is 12.3. The molecular formula is C17H22N4O4S. The van der Waals surface area contributed by atoms with E-state index in [0.29, 0.717) is 18.7 Å². The van der Waals surface area contributed by atoms with Gasteiger partial charge < -0.3 is 15.4 Å². The van der Waals surface area contributed by atoms with Gasteiger partial charge in [-0.05, 0) is 24.3 Å². The Labute approximate surface area is 153 Å². The molecular weight excluding hydrogens is 356 g/mol. The smallest absolute Gasteiger partial charge is 0.253 e. The third-order valence-corrected chi connectivity index (χ3v) is 5.15. The Morgan fingerprint density at radius 1 is 1.31 bits per heavy atom. The summed E-state index contributed by atoms with van der Waals surface area (Å²) in [5.74, 6) is -0.0190. The second-order valence-corrected chi connectivity index (χ2v) is 7.39. The van der Waals surface area contributed by atoms with Crippen LogP contribution in [0.3, 0.4) is 0 Å². The highest BCUT2D eigenvalue weighted by Crippen LogP contribution is 2.14. The SMILES string of the molecule is COCCN(C)C(=O)c1cccc(S(=O)(=O)NCc2cccnc2N)c1. The predicted octanol–water partition coefficient (Wildman–Crippen LogP) is 0.861. The number of aromatic nitrogens is 1. The maximum atomic E-state index is 12.5. The summed E-state index contributed by atoms with van der Waals surface area (Å²) in [6, 6.07) is 9.25. The molecule has 8 nitrogen and oxygen atoms in total. The van der Waals surface area contributed by atoms with Gasteiger partial charge in [-0.15, -0.1) is 0 Å². The first-order valence-corrected chi connectivity index (χ1v) is 9.37. The molecule has 2 rings (SSSR count). The van der Waals surface area contributed by atoms with E-state index in [2.05, 4.69) is 9.71 Å². The molecule has 26 heavy (non-hydrogen) atoms. The number of benzene rings is 1. The summed E-state index contributed by atoms with van der Waals surface area (Å²) in [5.41, 5.74) is 6.58. The molecule has 0 fully saturated rings. The number of methoxy groups -OCH3 is 1. The van der Waals surface area contributed by atoms with Gasteiger partial charge in [-0.2, -0.15) is 0 Å². The molecule has 3 N–H and O–H groups in total. The Bertz CT molecular complexity index is 871. The van der Waals surface area contributed by atoms with Gasteiger partial charge >= 0.3 is 0 Å². The Kier molecular flexibility index (Phi) is 6.67. The van der Waals surface area contributed by atoms with Crippen molar-refractivity contribution in [1.29, 1.82) is 0 Å². The standard InChI is InChI=1S/C17H22N4O4S/c1-21(9-10-25-2)17(22)13-5-3-7-15(11-13)26(23,24)20-12-14-6-4-8-19-16(14)18/h3-8,11,20H,9-10,12H2,1-2H3,(H2,18,19). The molecule has 0 aliphatic heterocycles. The molecule has 1 aromatic heterocycles.